The molecule has 0 atom stereocenters. The molecule has 1 N–H and O–H groups in total. The van der Waals surface area contributed by atoms with Crippen LogP contribution in [0.3, 0.4) is 0 Å². The first-order chi connectivity index (χ1) is 12.3. The van der Waals surface area contributed by atoms with E-state index in [1.54, 1.807) is 6.20 Å². The molecular formula is C17H26ClN7O. The molecule has 2 aliphatic heterocycles. The van der Waals surface area contributed by atoms with Gasteiger partial charge in [0.1, 0.15) is 5.69 Å². The predicted octanol–water partition coefficient (Wildman–Crippen LogP) is 1.50. The first kappa shape index (κ1) is 18.8. The van der Waals surface area contributed by atoms with Crippen molar-refractivity contribution in [1.82, 2.24) is 34.8 Å². The summed E-state index contributed by atoms with van der Waals surface area (Å²) in [5.41, 5.74) is 0.820. The third kappa shape index (κ3) is 4.07. The molecule has 2 aliphatic rings. The molecule has 2 fully saturated rings. The molecular weight excluding hydrogens is 354 g/mol. The molecule has 0 saturated carbocycles. The van der Waals surface area contributed by atoms with Crippen LogP contribution < -0.4 is 5.32 Å². The number of nitrogens with zero attached hydrogens (tertiary/aromatic N) is 6. The highest BCUT2D eigenvalue weighted by Gasteiger charge is 2.20. The van der Waals surface area contributed by atoms with E-state index in [-0.39, 0.29) is 18.3 Å². The molecule has 142 valence electrons. The Kier molecular flexibility index (Phi) is 6.26. The molecule has 4 rings (SSSR count). The SMILES string of the molecule is Cl.O=C1CCCN1CCCn1ccnc1-c1cn(C2CCNCC2)nn1. The second-order valence-electron chi connectivity index (χ2n) is 6.85. The summed E-state index contributed by atoms with van der Waals surface area (Å²) in [4.78, 5) is 18.1. The fraction of sp³-hybridized carbons (Fsp3) is 0.647. The fourth-order valence-electron chi connectivity index (χ4n) is 3.72. The maximum Gasteiger partial charge on any atom is 0.222 e. The normalized spacial score (nSPS) is 18.3. The summed E-state index contributed by atoms with van der Waals surface area (Å²) in [6.07, 6.45) is 10.6. The molecule has 0 aliphatic carbocycles. The van der Waals surface area contributed by atoms with Gasteiger partial charge in [0.2, 0.25) is 5.91 Å². The zero-order valence-corrected chi connectivity index (χ0v) is 15.7. The Bertz CT molecular complexity index is 722. The highest BCUT2D eigenvalue weighted by Crippen LogP contribution is 2.21. The Morgan fingerprint density at radius 2 is 2.08 bits per heavy atom. The van der Waals surface area contributed by atoms with Gasteiger partial charge in [-0.25, -0.2) is 9.67 Å². The molecule has 0 spiro atoms. The molecule has 0 radical (unpaired) electrons. The van der Waals surface area contributed by atoms with E-state index in [1.807, 2.05) is 22.0 Å². The summed E-state index contributed by atoms with van der Waals surface area (Å²) >= 11 is 0. The second-order valence-corrected chi connectivity index (χ2v) is 6.85. The number of nitrogens with one attached hydrogen (secondary N) is 1. The average molecular weight is 380 g/mol. The average Bonchev–Trinajstić information content (AvgIpc) is 3.37. The summed E-state index contributed by atoms with van der Waals surface area (Å²) in [7, 11) is 0. The Morgan fingerprint density at radius 1 is 1.23 bits per heavy atom. The number of carbonyl (C=O) groups is 1. The molecule has 0 aromatic carbocycles. The van der Waals surface area contributed by atoms with E-state index in [1.165, 1.54) is 0 Å². The van der Waals surface area contributed by atoms with Gasteiger partial charge in [-0.2, -0.15) is 0 Å². The van der Waals surface area contributed by atoms with E-state index in [2.05, 4.69) is 25.2 Å². The smallest absolute Gasteiger partial charge is 0.222 e. The van der Waals surface area contributed by atoms with Gasteiger partial charge in [-0.1, -0.05) is 5.21 Å². The maximum absolute atomic E-state index is 11.7. The minimum atomic E-state index is 0. The van der Waals surface area contributed by atoms with Gasteiger partial charge < -0.3 is 14.8 Å². The second kappa shape index (κ2) is 8.64. The van der Waals surface area contributed by atoms with Gasteiger partial charge in [0.15, 0.2) is 5.82 Å². The van der Waals surface area contributed by atoms with Crippen molar-refractivity contribution in [3.63, 3.8) is 0 Å². The molecule has 0 unspecified atom stereocenters. The number of halogens is 1. The Balaban J connectivity index is 0.00000196. The van der Waals surface area contributed by atoms with Crippen molar-refractivity contribution in [2.75, 3.05) is 26.2 Å². The quantitative estimate of drug-likeness (QED) is 0.822. The predicted molar refractivity (Wildman–Crippen MR) is 100 cm³/mol. The van der Waals surface area contributed by atoms with Crippen molar-refractivity contribution in [3.05, 3.63) is 18.6 Å². The van der Waals surface area contributed by atoms with Gasteiger partial charge in [0, 0.05) is 38.4 Å². The van der Waals surface area contributed by atoms with Gasteiger partial charge in [-0.15, -0.1) is 17.5 Å². The number of aromatic nitrogens is 5. The summed E-state index contributed by atoms with van der Waals surface area (Å²) in [6.45, 7) is 4.62. The van der Waals surface area contributed by atoms with Gasteiger partial charge in [0.05, 0.1) is 12.2 Å². The van der Waals surface area contributed by atoms with Gasteiger partial charge in [-0.3, -0.25) is 4.79 Å². The molecule has 2 saturated heterocycles. The lowest BCUT2D eigenvalue weighted by Gasteiger charge is -2.22. The molecule has 2 aromatic rings. The monoisotopic (exact) mass is 379 g/mol. The molecule has 1 amide bonds. The van der Waals surface area contributed by atoms with Crippen LogP contribution in [0.4, 0.5) is 0 Å². The van der Waals surface area contributed by atoms with Crippen LogP contribution in [0.5, 0.6) is 0 Å². The molecule has 2 aromatic heterocycles. The van der Waals surface area contributed by atoms with E-state index in [0.717, 1.165) is 69.9 Å². The van der Waals surface area contributed by atoms with Crippen LogP contribution in [0.2, 0.25) is 0 Å². The maximum atomic E-state index is 11.7. The van der Waals surface area contributed by atoms with Crippen LogP contribution in [-0.4, -0.2) is 61.5 Å². The Morgan fingerprint density at radius 3 is 2.85 bits per heavy atom. The van der Waals surface area contributed by atoms with Gasteiger partial charge in [-0.05, 0) is 38.8 Å². The van der Waals surface area contributed by atoms with E-state index >= 15 is 0 Å². The van der Waals surface area contributed by atoms with Crippen molar-refractivity contribution >= 4 is 18.3 Å². The minimum absolute atomic E-state index is 0. The van der Waals surface area contributed by atoms with E-state index in [9.17, 15) is 4.79 Å². The number of imidazole rings is 1. The largest absolute Gasteiger partial charge is 0.343 e. The first-order valence-electron chi connectivity index (χ1n) is 9.23. The van der Waals surface area contributed by atoms with E-state index in [4.69, 9.17) is 0 Å². The number of rotatable bonds is 6. The molecule has 4 heterocycles. The Hall–Kier alpha value is -1.93. The standard InChI is InChI=1S/C17H25N7O.ClH/c25-16-3-1-9-22(16)10-2-11-23-12-8-19-17(23)15-13-24(21-20-15)14-4-6-18-7-5-14;/h8,12-14,18H,1-7,9-11H2;1H. The number of hydrogen-bond acceptors (Lipinski definition) is 5. The number of carbonyl (C=O) groups excluding carboxylic acids is 1. The highest BCUT2D eigenvalue weighted by atomic mass is 35.5. The number of likely N-dealkylation sites (tertiary alicyclic amines) is 1. The van der Waals surface area contributed by atoms with Crippen LogP contribution in [0.25, 0.3) is 11.5 Å². The number of piperidine rings is 1. The fourth-order valence-corrected chi connectivity index (χ4v) is 3.72. The van der Waals surface area contributed by atoms with Crippen LogP contribution in [0.1, 0.15) is 38.1 Å². The molecule has 8 nitrogen and oxygen atoms in total. The summed E-state index contributed by atoms with van der Waals surface area (Å²) in [6, 6.07) is 0.423. The van der Waals surface area contributed by atoms with Gasteiger partial charge in [0.25, 0.3) is 0 Å². The summed E-state index contributed by atoms with van der Waals surface area (Å²) in [5.74, 6) is 1.14. The lowest BCUT2D eigenvalue weighted by molar-refractivity contribution is -0.127. The van der Waals surface area contributed by atoms with Crippen LogP contribution >= 0.6 is 12.4 Å². The molecule has 26 heavy (non-hydrogen) atoms. The van der Waals surface area contributed by atoms with Crippen LogP contribution in [0, 0.1) is 0 Å². The number of amides is 1. The Labute approximate surface area is 159 Å². The third-order valence-corrected chi connectivity index (χ3v) is 5.14. The lowest BCUT2D eigenvalue weighted by Crippen LogP contribution is -2.29. The third-order valence-electron chi connectivity index (χ3n) is 5.14. The van der Waals surface area contributed by atoms with Crippen molar-refractivity contribution in [3.8, 4) is 11.5 Å². The lowest BCUT2D eigenvalue weighted by atomic mass is 10.1. The van der Waals surface area contributed by atoms with Crippen molar-refractivity contribution < 1.29 is 4.79 Å². The zero-order valence-electron chi connectivity index (χ0n) is 14.9. The van der Waals surface area contributed by atoms with Crippen molar-refractivity contribution in [1.29, 1.82) is 0 Å². The zero-order chi connectivity index (χ0) is 17.1. The minimum Gasteiger partial charge on any atom is -0.343 e. The number of aryl methyl sites for hydroxylation is 1. The highest BCUT2D eigenvalue weighted by molar-refractivity contribution is 5.85. The first-order valence-corrected chi connectivity index (χ1v) is 9.23. The topological polar surface area (TPSA) is 80.9 Å². The van der Waals surface area contributed by atoms with E-state index in [0.29, 0.717) is 12.5 Å². The van der Waals surface area contributed by atoms with E-state index < -0.39 is 0 Å². The van der Waals surface area contributed by atoms with Crippen molar-refractivity contribution in [2.45, 2.75) is 44.7 Å². The van der Waals surface area contributed by atoms with Crippen LogP contribution in [0.15, 0.2) is 18.6 Å². The van der Waals surface area contributed by atoms with Crippen molar-refractivity contribution in [2.24, 2.45) is 0 Å². The molecule has 0 bridgehead atoms. The summed E-state index contributed by atoms with van der Waals surface area (Å²) < 4.78 is 4.09. The van der Waals surface area contributed by atoms with Crippen LogP contribution in [-0.2, 0) is 11.3 Å². The number of hydrogen-bond donors (Lipinski definition) is 1. The summed E-state index contributed by atoms with van der Waals surface area (Å²) in [5, 5.41) is 12.0. The van der Waals surface area contributed by atoms with Gasteiger partial charge >= 0.3 is 0 Å². The molecule has 9 heteroatoms.